The molecule has 1 amide bonds. The van der Waals surface area contributed by atoms with Crippen molar-refractivity contribution in [3.63, 3.8) is 0 Å². The molecule has 5 heterocycles. The van der Waals surface area contributed by atoms with E-state index < -0.39 is 29.4 Å². The van der Waals surface area contributed by atoms with Gasteiger partial charge in [0.05, 0.1) is 11.1 Å². The van der Waals surface area contributed by atoms with Crippen LogP contribution in [0.3, 0.4) is 0 Å². The van der Waals surface area contributed by atoms with E-state index in [-0.39, 0.29) is 49.4 Å². The SMILES string of the molecule is [C-]#[N+]C[C@H]1CN(c2nc(OC[C@@H]3CCCN3C)nc3c(F)c(-c4cccc5ccc(F)cc45)ncc23)CCN1C(=O)/C(F)=C/c1ccccn1. The molecular weight excluding hydrogens is 645 g/mol. The third-order valence-corrected chi connectivity index (χ3v) is 9.33. The minimum absolute atomic E-state index is 0.00343. The summed E-state index contributed by atoms with van der Waals surface area (Å²) in [5.41, 5.74) is 0.663. The number of ether oxygens (including phenoxy) is 1. The lowest BCUT2D eigenvalue weighted by Gasteiger charge is -2.39. The summed E-state index contributed by atoms with van der Waals surface area (Å²) in [4.78, 5) is 39.9. The number of piperazine rings is 1. The summed E-state index contributed by atoms with van der Waals surface area (Å²) in [6.07, 6.45) is 6.03. The fraction of sp³-hybridized carbons (Fsp3) is 0.297. The van der Waals surface area contributed by atoms with E-state index in [1.165, 1.54) is 29.4 Å². The zero-order valence-corrected chi connectivity index (χ0v) is 27.3. The van der Waals surface area contributed by atoms with Crippen molar-refractivity contribution in [2.45, 2.75) is 24.9 Å². The Hall–Kier alpha value is -5.61. The molecule has 2 atom stereocenters. The zero-order valence-electron chi connectivity index (χ0n) is 27.3. The van der Waals surface area contributed by atoms with Gasteiger partial charge >= 0.3 is 6.01 Å². The molecule has 2 aliphatic heterocycles. The predicted molar refractivity (Wildman–Crippen MR) is 184 cm³/mol. The van der Waals surface area contributed by atoms with Crippen LogP contribution in [0.15, 0.2) is 72.8 Å². The summed E-state index contributed by atoms with van der Waals surface area (Å²) in [6, 6.07) is 14.0. The van der Waals surface area contributed by atoms with E-state index in [1.54, 1.807) is 36.4 Å². The van der Waals surface area contributed by atoms with Crippen molar-refractivity contribution < 1.29 is 22.7 Å². The van der Waals surface area contributed by atoms with Crippen molar-refractivity contribution in [1.29, 1.82) is 0 Å². The largest absolute Gasteiger partial charge is 0.462 e. The number of halogens is 3. The van der Waals surface area contributed by atoms with Crippen LogP contribution in [0, 0.1) is 18.2 Å². The molecule has 7 rings (SSSR count). The maximum absolute atomic E-state index is 16.7. The highest BCUT2D eigenvalue weighted by molar-refractivity contribution is 5.99. The number of likely N-dealkylation sites (N-methyl/N-ethyl adjacent to an activating group) is 1. The molecule has 3 aromatic heterocycles. The van der Waals surface area contributed by atoms with Gasteiger partial charge in [-0.1, -0.05) is 30.3 Å². The molecule has 13 heteroatoms. The van der Waals surface area contributed by atoms with E-state index in [0.717, 1.165) is 30.8 Å². The first-order chi connectivity index (χ1) is 24.3. The van der Waals surface area contributed by atoms with Crippen LogP contribution in [0.4, 0.5) is 19.0 Å². The van der Waals surface area contributed by atoms with E-state index in [2.05, 4.69) is 24.7 Å². The topological polar surface area (TPSA) is 91.9 Å². The van der Waals surface area contributed by atoms with E-state index in [1.807, 2.05) is 18.0 Å². The summed E-state index contributed by atoms with van der Waals surface area (Å²) in [5.74, 6) is -2.69. The lowest BCUT2D eigenvalue weighted by atomic mass is 10.0. The Balaban J connectivity index is 1.26. The molecule has 50 heavy (non-hydrogen) atoms. The highest BCUT2D eigenvalue weighted by Crippen LogP contribution is 2.36. The van der Waals surface area contributed by atoms with Crippen LogP contribution in [0.25, 0.3) is 43.9 Å². The second-order valence-corrected chi connectivity index (χ2v) is 12.5. The number of carbonyl (C=O) groups is 1. The molecule has 0 unspecified atom stereocenters. The van der Waals surface area contributed by atoms with Gasteiger partial charge in [-0.25, -0.2) is 19.7 Å². The highest BCUT2D eigenvalue weighted by Gasteiger charge is 2.36. The average molecular weight is 679 g/mol. The lowest BCUT2D eigenvalue weighted by molar-refractivity contribution is -0.130. The monoisotopic (exact) mass is 678 g/mol. The van der Waals surface area contributed by atoms with Gasteiger partial charge in [0.1, 0.15) is 35.5 Å². The standard InChI is InChI=1S/C37H33F3N8O2/c1-41-19-27-21-47(15-16-48(27)36(49)31(39)18-25-8-3-4-13-42-25)35-30-20-43-33(28-10-5-7-23-11-12-24(38)17-29(23)28)32(40)34(30)44-37(45-35)50-22-26-9-6-14-46(26)2/h3-5,7-8,10-13,17-18,20,26-27H,6,9,14-16,19,21-22H2,2H3/b31-18-/t26-,27-/m0/s1. The minimum atomic E-state index is -0.987. The van der Waals surface area contributed by atoms with Crippen LogP contribution in [0.1, 0.15) is 18.5 Å². The van der Waals surface area contributed by atoms with Gasteiger partial charge in [0.2, 0.25) is 6.54 Å². The first-order valence-corrected chi connectivity index (χ1v) is 16.4. The number of likely N-dealkylation sites (tertiary alicyclic amines) is 1. The number of rotatable bonds is 8. The van der Waals surface area contributed by atoms with Gasteiger partial charge in [0, 0.05) is 49.7 Å². The Morgan fingerprint density at radius 1 is 1.04 bits per heavy atom. The third kappa shape index (κ3) is 6.54. The van der Waals surface area contributed by atoms with E-state index >= 15 is 8.78 Å². The quantitative estimate of drug-likeness (QED) is 0.147. The molecule has 0 bridgehead atoms. The average Bonchev–Trinajstić information content (AvgIpc) is 3.55. The Labute approximate surface area is 286 Å². The van der Waals surface area contributed by atoms with Crippen LogP contribution in [-0.2, 0) is 4.79 Å². The number of aromatic nitrogens is 4. The number of hydrogen-bond donors (Lipinski definition) is 0. The van der Waals surface area contributed by atoms with Crippen molar-refractivity contribution >= 4 is 39.5 Å². The molecule has 10 nitrogen and oxygen atoms in total. The second kappa shape index (κ2) is 14.1. The molecule has 2 aromatic carbocycles. The number of fused-ring (bicyclic) bond motifs is 2. The molecule has 0 aliphatic carbocycles. The van der Waals surface area contributed by atoms with Crippen molar-refractivity contribution in [2.75, 3.05) is 51.3 Å². The summed E-state index contributed by atoms with van der Waals surface area (Å²) in [7, 11) is 2.02. The number of carbonyl (C=O) groups excluding carboxylic acids is 1. The molecule has 0 saturated carbocycles. The smallest absolute Gasteiger partial charge is 0.319 e. The fourth-order valence-corrected chi connectivity index (χ4v) is 6.69. The van der Waals surface area contributed by atoms with Crippen LogP contribution < -0.4 is 9.64 Å². The predicted octanol–water partition coefficient (Wildman–Crippen LogP) is 5.94. The summed E-state index contributed by atoms with van der Waals surface area (Å²) >= 11 is 0. The molecular formula is C37H33F3N8O2. The van der Waals surface area contributed by atoms with E-state index in [9.17, 15) is 9.18 Å². The Kier molecular flexibility index (Phi) is 9.27. The number of pyridine rings is 2. The Bertz CT molecular complexity index is 2140. The number of nitrogens with zero attached hydrogens (tertiary/aromatic N) is 8. The Morgan fingerprint density at radius 2 is 1.92 bits per heavy atom. The number of benzene rings is 2. The lowest BCUT2D eigenvalue weighted by Crippen LogP contribution is -2.56. The molecule has 2 saturated heterocycles. The van der Waals surface area contributed by atoms with E-state index in [4.69, 9.17) is 16.3 Å². The van der Waals surface area contributed by atoms with Crippen molar-refractivity contribution in [3.05, 3.63) is 102 Å². The number of amides is 1. The number of hydrogen-bond acceptors (Lipinski definition) is 8. The molecule has 0 radical (unpaired) electrons. The number of anilines is 1. The molecule has 5 aromatic rings. The van der Waals surface area contributed by atoms with Gasteiger partial charge in [0.15, 0.2) is 11.6 Å². The van der Waals surface area contributed by atoms with Gasteiger partial charge in [-0.15, -0.1) is 0 Å². The van der Waals surface area contributed by atoms with Gasteiger partial charge in [0.25, 0.3) is 5.91 Å². The van der Waals surface area contributed by atoms with Gasteiger partial charge in [-0.3, -0.25) is 14.8 Å². The van der Waals surface area contributed by atoms with Gasteiger partial charge < -0.3 is 24.3 Å². The highest BCUT2D eigenvalue weighted by atomic mass is 19.1. The van der Waals surface area contributed by atoms with Crippen LogP contribution >= 0.6 is 0 Å². The van der Waals surface area contributed by atoms with Crippen molar-refractivity contribution in [3.8, 4) is 17.3 Å². The van der Waals surface area contributed by atoms with E-state index in [0.29, 0.717) is 34.5 Å². The molecule has 254 valence electrons. The van der Waals surface area contributed by atoms with Gasteiger partial charge in [-0.05, 0) is 61.5 Å². The maximum Gasteiger partial charge on any atom is 0.319 e. The minimum Gasteiger partial charge on any atom is -0.462 e. The summed E-state index contributed by atoms with van der Waals surface area (Å²) in [6.45, 7) is 9.12. The van der Waals surface area contributed by atoms with Crippen LogP contribution in [-0.4, -0.2) is 94.1 Å². The normalized spacial score (nSPS) is 18.5. The summed E-state index contributed by atoms with van der Waals surface area (Å²) in [5, 5.41) is 1.52. The maximum atomic E-state index is 16.7. The van der Waals surface area contributed by atoms with Crippen LogP contribution in [0.2, 0.25) is 0 Å². The van der Waals surface area contributed by atoms with Crippen molar-refractivity contribution in [2.24, 2.45) is 0 Å². The Morgan fingerprint density at radius 3 is 2.70 bits per heavy atom. The molecule has 2 fully saturated rings. The first kappa shape index (κ1) is 32.9. The fourth-order valence-electron chi connectivity index (χ4n) is 6.69. The van der Waals surface area contributed by atoms with Crippen LogP contribution in [0.5, 0.6) is 6.01 Å². The molecule has 0 spiro atoms. The first-order valence-electron chi connectivity index (χ1n) is 16.4. The zero-order chi connectivity index (χ0) is 34.8. The molecule has 0 N–H and O–H groups in total. The second-order valence-electron chi connectivity index (χ2n) is 12.5. The third-order valence-electron chi connectivity index (χ3n) is 9.33. The van der Waals surface area contributed by atoms with Crippen molar-refractivity contribution in [1.82, 2.24) is 29.7 Å². The molecule has 2 aliphatic rings. The van der Waals surface area contributed by atoms with Gasteiger partial charge in [-0.2, -0.15) is 9.97 Å². The summed E-state index contributed by atoms with van der Waals surface area (Å²) < 4.78 is 52.3.